The molecule has 0 saturated heterocycles. The number of nitrogens with zero attached hydrogens (tertiary/aromatic N) is 3. The molecule has 1 aromatic heterocycles. The smallest absolute Gasteiger partial charge is 0.254 e. The molecule has 0 bridgehead atoms. The van der Waals surface area contributed by atoms with E-state index in [4.69, 9.17) is 4.74 Å². The van der Waals surface area contributed by atoms with Crippen molar-refractivity contribution in [3.8, 4) is 11.8 Å². The van der Waals surface area contributed by atoms with Crippen LogP contribution in [0.3, 0.4) is 0 Å². The molecule has 0 radical (unpaired) electrons. The van der Waals surface area contributed by atoms with Crippen LogP contribution in [-0.2, 0) is 0 Å². The van der Waals surface area contributed by atoms with Crippen molar-refractivity contribution in [2.24, 2.45) is 11.8 Å². The van der Waals surface area contributed by atoms with Crippen molar-refractivity contribution in [1.29, 1.82) is 5.26 Å². The molecule has 2 fully saturated rings. The molecule has 2 unspecified atom stereocenters. The van der Waals surface area contributed by atoms with E-state index >= 15 is 0 Å². The lowest BCUT2D eigenvalue weighted by atomic mass is 10.0. The minimum atomic E-state index is -0.0865. The minimum absolute atomic E-state index is 0.0865. The SMILES string of the molecule is Cc1cc(OC2CC3CC(NC(=O)c4cnc(C(C)C)nc4)CC3C2)cc(C)c1C#N. The molecule has 2 atom stereocenters. The third-order valence-electron chi connectivity index (χ3n) is 6.68. The Labute approximate surface area is 184 Å². The summed E-state index contributed by atoms with van der Waals surface area (Å²) in [7, 11) is 0. The standard InChI is InChI=1S/C25H30N4O2/c1-14(2)24-27-12-19(13-28-24)25(30)29-20-7-17-9-22(10-18(17)8-20)31-21-5-15(3)23(11-26)16(4)6-21/h5-6,12-14,17-18,20,22H,7-10H2,1-4H3,(H,29,30). The van der Waals surface area contributed by atoms with Gasteiger partial charge in [-0.3, -0.25) is 4.79 Å². The lowest BCUT2D eigenvalue weighted by molar-refractivity contribution is 0.0934. The zero-order valence-electron chi connectivity index (χ0n) is 18.7. The zero-order valence-corrected chi connectivity index (χ0v) is 18.7. The molecule has 2 aromatic rings. The van der Waals surface area contributed by atoms with Crippen LogP contribution in [0.2, 0.25) is 0 Å². The lowest BCUT2D eigenvalue weighted by Crippen LogP contribution is -2.34. The normalized spacial score (nSPS) is 24.6. The summed E-state index contributed by atoms with van der Waals surface area (Å²) in [5, 5.41) is 12.4. The van der Waals surface area contributed by atoms with Crippen LogP contribution in [0.15, 0.2) is 24.5 Å². The van der Waals surface area contributed by atoms with E-state index in [0.717, 1.165) is 53.9 Å². The maximum atomic E-state index is 12.6. The van der Waals surface area contributed by atoms with Gasteiger partial charge < -0.3 is 10.1 Å². The van der Waals surface area contributed by atoms with Gasteiger partial charge in [-0.15, -0.1) is 0 Å². The first kappa shape index (κ1) is 21.3. The van der Waals surface area contributed by atoms with E-state index in [1.165, 1.54) is 0 Å². The number of hydrogen-bond donors (Lipinski definition) is 1. The molecule has 1 amide bonds. The first-order valence-electron chi connectivity index (χ1n) is 11.1. The molecule has 2 aliphatic rings. The number of hydrogen-bond acceptors (Lipinski definition) is 5. The summed E-state index contributed by atoms with van der Waals surface area (Å²) >= 11 is 0. The number of amides is 1. The molecular weight excluding hydrogens is 388 g/mol. The fourth-order valence-corrected chi connectivity index (χ4v) is 5.16. The molecule has 2 saturated carbocycles. The number of ether oxygens (including phenoxy) is 1. The maximum Gasteiger partial charge on any atom is 0.254 e. The van der Waals surface area contributed by atoms with Gasteiger partial charge in [-0.25, -0.2) is 9.97 Å². The zero-order chi connectivity index (χ0) is 22.1. The van der Waals surface area contributed by atoms with E-state index in [-0.39, 0.29) is 24.0 Å². The van der Waals surface area contributed by atoms with Gasteiger partial charge >= 0.3 is 0 Å². The molecule has 1 aromatic carbocycles. The van der Waals surface area contributed by atoms with Crippen molar-refractivity contribution >= 4 is 5.91 Å². The van der Waals surface area contributed by atoms with Gasteiger partial charge in [0, 0.05) is 24.4 Å². The predicted octanol–water partition coefficient (Wildman–Crippen LogP) is 4.45. The van der Waals surface area contributed by atoms with Crippen LogP contribution in [0, 0.1) is 37.0 Å². The first-order chi connectivity index (χ1) is 14.8. The highest BCUT2D eigenvalue weighted by Gasteiger charge is 2.43. The van der Waals surface area contributed by atoms with Crippen molar-refractivity contribution in [2.75, 3.05) is 0 Å². The number of aryl methyl sites for hydroxylation is 2. The second-order valence-electron chi connectivity index (χ2n) is 9.40. The number of nitriles is 1. The van der Waals surface area contributed by atoms with E-state index in [0.29, 0.717) is 17.4 Å². The molecule has 31 heavy (non-hydrogen) atoms. The van der Waals surface area contributed by atoms with E-state index < -0.39 is 0 Å². The fraction of sp³-hybridized carbons (Fsp3) is 0.520. The number of rotatable bonds is 5. The third-order valence-corrected chi connectivity index (χ3v) is 6.68. The van der Waals surface area contributed by atoms with Crippen LogP contribution < -0.4 is 10.1 Å². The molecule has 2 aliphatic carbocycles. The van der Waals surface area contributed by atoms with Crippen molar-refractivity contribution in [3.05, 3.63) is 52.6 Å². The minimum Gasteiger partial charge on any atom is -0.490 e. The number of aromatic nitrogens is 2. The van der Waals surface area contributed by atoms with Crippen LogP contribution in [0.1, 0.15) is 78.3 Å². The van der Waals surface area contributed by atoms with Crippen molar-refractivity contribution < 1.29 is 9.53 Å². The van der Waals surface area contributed by atoms with Crippen LogP contribution in [0.5, 0.6) is 5.75 Å². The second kappa shape index (κ2) is 8.66. The Morgan fingerprint density at radius 2 is 1.68 bits per heavy atom. The summed E-state index contributed by atoms with van der Waals surface area (Å²) < 4.78 is 6.28. The Kier molecular flexibility index (Phi) is 5.95. The summed E-state index contributed by atoms with van der Waals surface area (Å²) in [4.78, 5) is 21.2. The van der Waals surface area contributed by atoms with Gasteiger partial charge in [0.25, 0.3) is 5.91 Å². The van der Waals surface area contributed by atoms with Crippen molar-refractivity contribution in [1.82, 2.24) is 15.3 Å². The Balaban J connectivity index is 1.30. The van der Waals surface area contributed by atoms with E-state index in [1.807, 2.05) is 39.8 Å². The van der Waals surface area contributed by atoms with Gasteiger partial charge in [-0.05, 0) is 74.6 Å². The van der Waals surface area contributed by atoms with E-state index in [9.17, 15) is 10.1 Å². The summed E-state index contributed by atoms with van der Waals surface area (Å²) in [6, 6.07) is 6.40. The largest absolute Gasteiger partial charge is 0.490 e. The molecule has 6 nitrogen and oxygen atoms in total. The average Bonchev–Trinajstić information content (AvgIpc) is 3.25. The summed E-state index contributed by atoms with van der Waals surface area (Å²) in [5.74, 6) is 2.93. The van der Waals surface area contributed by atoms with E-state index in [1.54, 1.807) is 12.4 Å². The molecular formula is C25H30N4O2. The van der Waals surface area contributed by atoms with E-state index in [2.05, 4.69) is 21.4 Å². The van der Waals surface area contributed by atoms with Gasteiger partial charge in [0.2, 0.25) is 0 Å². The molecule has 0 spiro atoms. The van der Waals surface area contributed by atoms with Crippen molar-refractivity contribution in [2.45, 2.75) is 71.4 Å². The number of carbonyl (C=O) groups is 1. The summed E-state index contributed by atoms with van der Waals surface area (Å²) in [5.41, 5.74) is 3.18. The molecule has 0 aliphatic heterocycles. The molecule has 1 heterocycles. The Morgan fingerprint density at radius 1 is 1.10 bits per heavy atom. The molecule has 1 N–H and O–H groups in total. The average molecular weight is 419 g/mol. The Hall–Kier alpha value is -2.94. The summed E-state index contributed by atoms with van der Waals surface area (Å²) in [6.07, 6.45) is 7.47. The molecule has 4 rings (SSSR count). The summed E-state index contributed by atoms with van der Waals surface area (Å²) in [6.45, 7) is 7.98. The number of carbonyl (C=O) groups excluding carboxylic acids is 1. The molecule has 162 valence electrons. The monoisotopic (exact) mass is 418 g/mol. The maximum absolute atomic E-state index is 12.6. The highest BCUT2D eigenvalue weighted by atomic mass is 16.5. The first-order valence-corrected chi connectivity index (χ1v) is 11.1. The third kappa shape index (κ3) is 4.56. The lowest BCUT2D eigenvalue weighted by Gasteiger charge is -2.19. The quantitative estimate of drug-likeness (QED) is 0.775. The van der Waals surface area contributed by atoms with Gasteiger partial charge in [0.1, 0.15) is 11.6 Å². The van der Waals surface area contributed by atoms with Crippen LogP contribution in [0.4, 0.5) is 0 Å². The topological polar surface area (TPSA) is 87.9 Å². The second-order valence-corrected chi connectivity index (χ2v) is 9.40. The van der Waals surface area contributed by atoms with Crippen LogP contribution >= 0.6 is 0 Å². The fourth-order valence-electron chi connectivity index (χ4n) is 5.16. The highest BCUT2D eigenvalue weighted by molar-refractivity contribution is 5.93. The van der Waals surface area contributed by atoms with Gasteiger partial charge in [-0.1, -0.05) is 13.8 Å². The number of nitrogens with one attached hydrogen (secondary N) is 1. The predicted molar refractivity (Wildman–Crippen MR) is 118 cm³/mol. The Morgan fingerprint density at radius 3 is 2.19 bits per heavy atom. The number of fused-ring (bicyclic) bond motifs is 1. The van der Waals surface area contributed by atoms with Gasteiger partial charge in [-0.2, -0.15) is 5.26 Å². The molecule has 6 heteroatoms. The van der Waals surface area contributed by atoms with Crippen molar-refractivity contribution in [3.63, 3.8) is 0 Å². The number of benzene rings is 1. The van der Waals surface area contributed by atoms with Gasteiger partial charge in [0.15, 0.2) is 0 Å². The van der Waals surface area contributed by atoms with Crippen LogP contribution in [-0.4, -0.2) is 28.0 Å². The van der Waals surface area contributed by atoms with Crippen LogP contribution in [0.25, 0.3) is 0 Å². The highest BCUT2D eigenvalue weighted by Crippen LogP contribution is 2.45. The Bertz CT molecular complexity index is 972. The van der Waals surface area contributed by atoms with Gasteiger partial charge in [0.05, 0.1) is 23.3 Å².